The fourth-order valence-corrected chi connectivity index (χ4v) is 1.43. The molecule has 2 N–H and O–H groups in total. The number of benzene rings is 1. The van der Waals surface area contributed by atoms with E-state index < -0.39 is 0 Å². The maximum atomic E-state index is 11.7. The van der Waals surface area contributed by atoms with Crippen molar-refractivity contribution < 1.29 is 19.4 Å². The highest BCUT2D eigenvalue weighted by Gasteiger charge is 2.07. The summed E-state index contributed by atoms with van der Waals surface area (Å²) in [5.41, 5.74) is 0.801. The summed E-state index contributed by atoms with van der Waals surface area (Å²) < 4.78 is 5.11. The first-order valence-electron chi connectivity index (χ1n) is 5.40. The van der Waals surface area contributed by atoms with Crippen LogP contribution in [0.2, 0.25) is 0 Å². The third kappa shape index (κ3) is 2.87. The van der Waals surface area contributed by atoms with E-state index in [1.165, 1.54) is 12.1 Å². The summed E-state index contributed by atoms with van der Waals surface area (Å²) in [6.45, 7) is -0.227. The molecule has 92 valence electrons. The Morgan fingerprint density at radius 2 is 1.89 bits per heavy atom. The molecule has 1 aromatic carbocycles. The molecule has 0 bridgehead atoms. The van der Waals surface area contributed by atoms with Crippen molar-refractivity contribution in [1.82, 2.24) is 0 Å². The minimum Gasteiger partial charge on any atom is -0.508 e. The summed E-state index contributed by atoms with van der Waals surface area (Å²) >= 11 is 0. The molecule has 18 heavy (non-hydrogen) atoms. The fourth-order valence-electron chi connectivity index (χ4n) is 1.43. The zero-order chi connectivity index (χ0) is 13.0. The van der Waals surface area contributed by atoms with Crippen molar-refractivity contribution in [2.24, 2.45) is 0 Å². The number of ketones is 1. The van der Waals surface area contributed by atoms with Gasteiger partial charge in [-0.1, -0.05) is 18.2 Å². The van der Waals surface area contributed by atoms with E-state index in [1.807, 2.05) is 0 Å². The summed E-state index contributed by atoms with van der Waals surface area (Å²) in [7, 11) is 0. The van der Waals surface area contributed by atoms with E-state index in [2.05, 4.69) is 0 Å². The van der Waals surface area contributed by atoms with Crippen molar-refractivity contribution >= 4 is 11.9 Å². The van der Waals surface area contributed by atoms with Crippen molar-refractivity contribution in [2.75, 3.05) is 0 Å². The van der Waals surface area contributed by atoms with E-state index in [9.17, 15) is 4.79 Å². The van der Waals surface area contributed by atoms with Crippen LogP contribution in [-0.4, -0.2) is 16.0 Å². The summed E-state index contributed by atoms with van der Waals surface area (Å²) in [6, 6.07) is 9.55. The predicted molar refractivity (Wildman–Crippen MR) is 66.1 cm³/mol. The smallest absolute Gasteiger partial charge is 0.221 e. The molecule has 2 rings (SSSR count). The molecule has 0 spiro atoms. The summed E-state index contributed by atoms with van der Waals surface area (Å²) in [5.74, 6) is 0.449. The van der Waals surface area contributed by atoms with Crippen LogP contribution in [0.25, 0.3) is 6.08 Å². The number of phenols is 1. The first-order valence-corrected chi connectivity index (χ1v) is 5.40. The number of allylic oxidation sites excluding steroid dienone is 1. The van der Waals surface area contributed by atoms with Gasteiger partial charge in [0.1, 0.15) is 18.1 Å². The normalized spacial score (nSPS) is 10.9. The first-order chi connectivity index (χ1) is 8.69. The van der Waals surface area contributed by atoms with Gasteiger partial charge in [0.25, 0.3) is 0 Å². The summed E-state index contributed by atoms with van der Waals surface area (Å²) in [6.07, 6.45) is 3.01. The van der Waals surface area contributed by atoms with E-state index in [4.69, 9.17) is 14.6 Å². The Hall–Kier alpha value is -2.33. The van der Waals surface area contributed by atoms with Crippen LogP contribution in [0.15, 0.2) is 46.9 Å². The number of aromatic hydroxyl groups is 1. The average Bonchev–Trinajstić information content (AvgIpc) is 2.86. The molecule has 0 amide bonds. The van der Waals surface area contributed by atoms with Gasteiger partial charge >= 0.3 is 0 Å². The predicted octanol–water partition coefficient (Wildman–Crippen LogP) is 2.37. The molecule has 4 nitrogen and oxygen atoms in total. The monoisotopic (exact) mass is 244 g/mol. The Morgan fingerprint density at radius 1 is 1.17 bits per heavy atom. The number of phenolic OH excluding ortho intramolecular Hbond substituents is 1. The van der Waals surface area contributed by atoms with E-state index in [0.29, 0.717) is 5.76 Å². The minimum absolute atomic E-state index is 0.178. The number of carbonyl (C=O) groups excluding carboxylic acids is 1. The minimum atomic E-state index is -0.275. The van der Waals surface area contributed by atoms with E-state index in [-0.39, 0.29) is 23.9 Å². The Bertz CT molecular complexity index is 564. The third-order valence-electron chi connectivity index (χ3n) is 2.38. The van der Waals surface area contributed by atoms with Crippen LogP contribution < -0.4 is 0 Å². The summed E-state index contributed by atoms with van der Waals surface area (Å²) in [4.78, 5) is 11.7. The van der Waals surface area contributed by atoms with Gasteiger partial charge in [-0.25, -0.2) is 0 Å². The van der Waals surface area contributed by atoms with E-state index >= 15 is 0 Å². The molecular formula is C14H12O4. The molecule has 2 aromatic rings. The van der Waals surface area contributed by atoms with Gasteiger partial charge in [-0.15, -0.1) is 0 Å². The highest BCUT2D eigenvalue weighted by molar-refractivity contribution is 6.04. The lowest BCUT2D eigenvalue weighted by Crippen LogP contribution is -1.90. The second kappa shape index (κ2) is 5.33. The molecule has 1 heterocycles. The lowest BCUT2D eigenvalue weighted by atomic mass is 10.2. The van der Waals surface area contributed by atoms with Gasteiger partial charge < -0.3 is 14.6 Å². The lowest BCUT2D eigenvalue weighted by Gasteiger charge is -1.94. The Balaban J connectivity index is 2.09. The number of aliphatic hydroxyl groups is 1. The molecule has 1 aromatic heterocycles. The number of hydrogen-bond donors (Lipinski definition) is 2. The largest absolute Gasteiger partial charge is 0.508 e. The van der Waals surface area contributed by atoms with Gasteiger partial charge in [-0.05, 0) is 35.9 Å². The first kappa shape index (κ1) is 12.1. The van der Waals surface area contributed by atoms with Crippen molar-refractivity contribution in [3.05, 3.63) is 59.6 Å². The second-order valence-electron chi connectivity index (χ2n) is 3.71. The lowest BCUT2D eigenvalue weighted by molar-refractivity contribution is 0.101. The van der Waals surface area contributed by atoms with E-state index in [1.54, 1.807) is 36.4 Å². The quantitative estimate of drug-likeness (QED) is 0.639. The number of furan rings is 1. The maximum absolute atomic E-state index is 11.7. The summed E-state index contributed by atoms with van der Waals surface area (Å²) in [5, 5.41) is 17.9. The number of carbonyl (C=O) groups is 1. The fraction of sp³-hybridized carbons (Fsp3) is 0.0714. The van der Waals surface area contributed by atoms with Crippen molar-refractivity contribution in [3.8, 4) is 5.75 Å². The van der Waals surface area contributed by atoms with Gasteiger partial charge in [-0.2, -0.15) is 0 Å². The Labute approximate surface area is 104 Å². The number of hydrogen-bond acceptors (Lipinski definition) is 4. The zero-order valence-corrected chi connectivity index (χ0v) is 9.54. The molecule has 0 radical (unpaired) electrons. The van der Waals surface area contributed by atoms with Crippen LogP contribution in [0.5, 0.6) is 5.75 Å². The second-order valence-corrected chi connectivity index (χ2v) is 3.71. The molecule has 4 heteroatoms. The average molecular weight is 244 g/mol. The van der Waals surface area contributed by atoms with Crippen molar-refractivity contribution in [2.45, 2.75) is 6.61 Å². The highest BCUT2D eigenvalue weighted by Crippen LogP contribution is 2.13. The molecule has 0 saturated carbocycles. The SMILES string of the molecule is O=C(/C=C/c1ccc(O)cc1)c1ccc(CO)o1. The molecule has 0 saturated heterocycles. The van der Waals surface area contributed by atoms with Gasteiger partial charge in [0.05, 0.1) is 0 Å². The van der Waals surface area contributed by atoms with Crippen LogP contribution in [0.4, 0.5) is 0 Å². The molecule has 0 aliphatic heterocycles. The molecule has 0 atom stereocenters. The topological polar surface area (TPSA) is 70.7 Å². The van der Waals surface area contributed by atoms with Gasteiger partial charge in [0.15, 0.2) is 5.76 Å². The van der Waals surface area contributed by atoms with Crippen LogP contribution in [-0.2, 0) is 6.61 Å². The van der Waals surface area contributed by atoms with Crippen LogP contribution in [0.1, 0.15) is 21.9 Å². The van der Waals surface area contributed by atoms with Crippen LogP contribution in [0.3, 0.4) is 0 Å². The van der Waals surface area contributed by atoms with Gasteiger partial charge in [-0.3, -0.25) is 4.79 Å². The van der Waals surface area contributed by atoms with Crippen molar-refractivity contribution in [3.63, 3.8) is 0 Å². The standard InChI is InChI=1S/C14H12O4/c15-9-12-6-8-14(18-12)13(17)7-3-10-1-4-11(16)5-2-10/h1-8,15-16H,9H2/b7-3+. The molecular weight excluding hydrogens is 232 g/mol. The van der Waals surface area contributed by atoms with E-state index in [0.717, 1.165) is 5.56 Å². The Morgan fingerprint density at radius 3 is 2.50 bits per heavy atom. The van der Waals surface area contributed by atoms with Gasteiger partial charge in [0, 0.05) is 0 Å². The maximum Gasteiger partial charge on any atom is 0.221 e. The molecule has 0 aliphatic carbocycles. The van der Waals surface area contributed by atoms with Crippen molar-refractivity contribution in [1.29, 1.82) is 0 Å². The third-order valence-corrected chi connectivity index (χ3v) is 2.38. The molecule has 0 unspecified atom stereocenters. The molecule has 0 fully saturated rings. The van der Waals surface area contributed by atoms with Crippen LogP contribution in [0, 0.1) is 0 Å². The number of rotatable bonds is 4. The van der Waals surface area contributed by atoms with Crippen LogP contribution >= 0.6 is 0 Å². The number of aliphatic hydroxyl groups excluding tert-OH is 1. The highest BCUT2D eigenvalue weighted by atomic mass is 16.4. The molecule has 0 aliphatic rings. The Kier molecular flexibility index (Phi) is 3.60. The van der Waals surface area contributed by atoms with Gasteiger partial charge in [0.2, 0.25) is 5.78 Å². The zero-order valence-electron chi connectivity index (χ0n) is 9.54.